The molecule has 0 saturated carbocycles. The van der Waals surface area contributed by atoms with Crippen molar-refractivity contribution in [3.05, 3.63) is 0 Å². The smallest absolute Gasteiger partial charge is 0.410 e. The van der Waals surface area contributed by atoms with Crippen LogP contribution in [-0.4, -0.2) is 84.7 Å². The Morgan fingerprint density at radius 2 is 1.57 bits per heavy atom. The summed E-state index contributed by atoms with van der Waals surface area (Å²) in [6.07, 6.45) is -0.263. The minimum absolute atomic E-state index is 0.0387. The Morgan fingerprint density at radius 1 is 1.09 bits per heavy atom. The van der Waals surface area contributed by atoms with Crippen LogP contribution in [0.1, 0.15) is 34.6 Å². The van der Waals surface area contributed by atoms with Gasteiger partial charge in [-0.05, 0) is 48.7 Å². The number of nitrogens with two attached hydrogens (primary N) is 1. The van der Waals surface area contributed by atoms with E-state index in [1.165, 1.54) is 0 Å². The van der Waals surface area contributed by atoms with Crippen molar-refractivity contribution in [2.45, 2.75) is 45.8 Å². The van der Waals surface area contributed by atoms with Crippen LogP contribution in [0.2, 0.25) is 0 Å². The number of likely N-dealkylation sites (N-methyl/N-ethyl adjacent to an activating group) is 1. The minimum atomic E-state index is -0.466. The molecule has 0 radical (unpaired) electrons. The van der Waals surface area contributed by atoms with E-state index in [4.69, 9.17) is 10.5 Å². The summed E-state index contributed by atoms with van der Waals surface area (Å²) in [5, 5.41) is 0. The number of amides is 1. The summed E-state index contributed by atoms with van der Waals surface area (Å²) in [4.78, 5) is 22.4. The molecule has 1 heterocycles. The Morgan fingerprint density at radius 3 is 2.00 bits per heavy atom. The van der Waals surface area contributed by atoms with Gasteiger partial charge in [0.25, 0.3) is 0 Å². The van der Waals surface area contributed by atoms with E-state index in [0.29, 0.717) is 38.7 Å². The predicted molar refractivity (Wildman–Crippen MR) is 93.6 cm³/mol. The highest BCUT2D eigenvalue weighted by Crippen LogP contribution is 2.13. The third-order valence-electron chi connectivity index (χ3n) is 4.09. The van der Waals surface area contributed by atoms with E-state index in [1.807, 2.05) is 39.8 Å². The van der Waals surface area contributed by atoms with Gasteiger partial charge in [-0.15, -0.1) is 0 Å². The summed E-state index contributed by atoms with van der Waals surface area (Å²) in [5.41, 5.74) is 5.60. The first-order chi connectivity index (χ1) is 10.4. The van der Waals surface area contributed by atoms with E-state index >= 15 is 0 Å². The third kappa shape index (κ3) is 6.25. The second-order valence-electron chi connectivity index (χ2n) is 7.84. The van der Waals surface area contributed by atoms with E-state index in [-0.39, 0.29) is 11.6 Å². The molecule has 0 aromatic rings. The zero-order valence-electron chi connectivity index (χ0n) is 15.7. The van der Waals surface area contributed by atoms with Gasteiger partial charge in [0, 0.05) is 31.7 Å². The van der Waals surface area contributed by atoms with Crippen molar-refractivity contribution in [3.63, 3.8) is 0 Å². The molecule has 1 aliphatic rings. The molecule has 0 unspecified atom stereocenters. The zero-order chi connectivity index (χ0) is 17.8. The Hall–Kier alpha value is -1.50. The van der Waals surface area contributed by atoms with Crippen LogP contribution in [0.25, 0.3) is 0 Å². The van der Waals surface area contributed by atoms with Crippen LogP contribution in [0.3, 0.4) is 0 Å². The van der Waals surface area contributed by atoms with Gasteiger partial charge in [-0.25, -0.2) is 4.79 Å². The highest BCUT2D eigenvalue weighted by atomic mass is 16.6. The molecule has 1 rings (SSSR count). The first-order valence-electron chi connectivity index (χ1n) is 8.12. The number of rotatable bonds is 3. The number of carbonyl (C=O) groups excluding carboxylic acids is 1. The maximum atomic E-state index is 12.0. The molecular formula is C16H33N5O2. The number of hydrogen-bond donors (Lipinski definition) is 1. The van der Waals surface area contributed by atoms with Crippen LogP contribution in [0.4, 0.5) is 4.79 Å². The van der Waals surface area contributed by atoms with Gasteiger partial charge >= 0.3 is 6.09 Å². The zero-order valence-corrected chi connectivity index (χ0v) is 15.7. The molecule has 23 heavy (non-hydrogen) atoms. The molecule has 0 aliphatic carbocycles. The minimum Gasteiger partial charge on any atom is -0.444 e. The number of ether oxygens (including phenoxy) is 1. The molecule has 1 aliphatic heterocycles. The lowest BCUT2D eigenvalue weighted by Crippen LogP contribution is -2.53. The fourth-order valence-corrected chi connectivity index (χ4v) is 1.96. The van der Waals surface area contributed by atoms with Crippen molar-refractivity contribution in [2.75, 3.05) is 46.8 Å². The Labute approximate surface area is 140 Å². The van der Waals surface area contributed by atoms with Crippen LogP contribution in [0, 0.1) is 0 Å². The molecule has 1 saturated heterocycles. The molecule has 2 N–H and O–H groups in total. The quantitative estimate of drug-likeness (QED) is 0.623. The van der Waals surface area contributed by atoms with E-state index < -0.39 is 5.60 Å². The van der Waals surface area contributed by atoms with Crippen LogP contribution in [-0.2, 0) is 4.74 Å². The average molecular weight is 327 g/mol. The molecule has 7 nitrogen and oxygen atoms in total. The number of carbonyl (C=O) groups is 1. The van der Waals surface area contributed by atoms with Crippen molar-refractivity contribution >= 4 is 12.1 Å². The monoisotopic (exact) mass is 327 g/mol. The summed E-state index contributed by atoms with van der Waals surface area (Å²) < 4.78 is 5.39. The average Bonchev–Trinajstić information content (AvgIpc) is 2.43. The Kier molecular flexibility index (Phi) is 6.27. The van der Waals surface area contributed by atoms with Crippen molar-refractivity contribution < 1.29 is 9.53 Å². The van der Waals surface area contributed by atoms with E-state index in [2.05, 4.69) is 23.7 Å². The molecule has 1 fully saturated rings. The molecule has 0 spiro atoms. The van der Waals surface area contributed by atoms with Crippen LogP contribution in [0.15, 0.2) is 4.99 Å². The van der Waals surface area contributed by atoms with Gasteiger partial charge in [-0.2, -0.15) is 0 Å². The lowest BCUT2D eigenvalue weighted by Gasteiger charge is -2.36. The van der Waals surface area contributed by atoms with Gasteiger partial charge in [-0.3, -0.25) is 4.99 Å². The summed E-state index contributed by atoms with van der Waals surface area (Å²) >= 11 is 0. The molecular weight excluding hydrogens is 294 g/mol. The second-order valence-corrected chi connectivity index (χ2v) is 7.84. The van der Waals surface area contributed by atoms with Gasteiger partial charge in [0.1, 0.15) is 5.60 Å². The summed E-state index contributed by atoms with van der Waals surface area (Å²) in [5.74, 6) is 0.545. The summed E-state index contributed by atoms with van der Waals surface area (Å²) in [7, 11) is 4.07. The largest absolute Gasteiger partial charge is 0.444 e. The number of piperazine rings is 1. The number of nitrogens with zero attached hydrogens (tertiary/aromatic N) is 4. The molecule has 7 heteroatoms. The highest BCUT2D eigenvalue weighted by molar-refractivity contribution is 5.78. The molecule has 0 aromatic carbocycles. The third-order valence-corrected chi connectivity index (χ3v) is 4.09. The van der Waals surface area contributed by atoms with Crippen LogP contribution >= 0.6 is 0 Å². The fraction of sp³-hybridized carbons (Fsp3) is 0.875. The Balaban J connectivity index is 2.51. The SMILES string of the molecule is CN(C)C(C)(C)CN=C(N)N1CCN(C(=O)OC(C)(C)C)CC1. The maximum absolute atomic E-state index is 12.0. The van der Waals surface area contributed by atoms with Crippen LogP contribution < -0.4 is 5.73 Å². The number of hydrogen-bond acceptors (Lipinski definition) is 4. The van der Waals surface area contributed by atoms with E-state index in [9.17, 15) is 4.79 Å². The van der Waals surface area contributed by atoms with Gasteiger partial charge in [0.05, 0.1) is 6.54 Å². The van der Waals surface area contributed by atoms with Crippen molar-refractivity contribution in [3.8, 4) is 0 Å². The predicted octanol–water partition coefficient (Wildman–Crippen LogP) is 1.19. The van der Waals surface area contributed by atoms with Gasteiger partial charge in [0.15, 0.2) is 5.96 Å². The van der Waals surface area contributed by atoms with Gasteiger partial charge < -0.3 is 25.2 Å². The molecule has 0 aromatic heterocycles. The Bertz CT molecular complexity index is 432. The van der Waals surface area contributed by atoms with E-state index in [1.54, 1.807) is 4.90 Å². The standard InChI is InChI=1S/C16H33N5O2/c1-15(2,3)23-14(22)21-10-8-20(9-11-21)13(17)18-12-16(4,5)19(6)7/h8-12H2,1-7H3,(H2,17,18). The lowest BCUT2D eigenvalue weighted by molar-refractivity contribution is 0.0186. The van der Waals surface area contributed by atoms with E-state index in [0.717, 1.165) is 0 Å². The second kappa shape index (κ2) is 7.38. The van der Waals surface area contributed by atoms with Crippen molar-refractivity contribution in [1.29, 1.82) is 0 Å². The first kappa shape index (κ1) is 19.5. The van der Waals surface area contributed by atoms with Gasteiger partial charge in [-0.1, -0.05) is 0 Å². The number of aliphatic imine (C=N–C) groups is 1. The number of guanidine groups is 1. The topological polar surface area (TPSA) is 74.4 Å². The molecule has 1 amide bonds. The molecule has 134 valence electrons. The summed E-state index contributed by atoms with van der Waals surface area (Å²) in [6.45, 7) is 13.1. The van der Waals surface area contributed by atoms with Crippen LogP contribution in [0.5, 0.6) is 0 Å². The highest BCUT2D eigenvalue weighted by Gasteiger charge is 2.27. The normalized spacial score (nSPS) is 17.7. The fourth-order valence-electron chi connectivity index (χ4n) is 1.96. The van der Waals surface area contributed by atoms with Crippen molar-refractivity contribution in [2.24, 2.45) is 10.7 Å². The first-order valence-corrected chi connectivity index (χ1v) is 8.12. The van der Waals surface area contributed by atoms with Crippen molar-refractivity contribution in [1.82, 2.24) is 14.7 Å². The van der Waals surface area contributed by atoms with Gasteiger partial charge in [0.2, 0.25) is 0 Å². The lowest BCUT2D eigenvalue weighted by atomic mass is 10.1. The maximum Gasteiger partial charge on any atom is 0.410 e. The molecule has 0 bridgehead atoms. The molecule has 0 atom stereocenters. The summed E-state index contributed by atoms with van der Waals surface area (Å²) in [6, 6.07) is 0.